The Labute approximate surface area is 616 Å². The molecule has 1 aromatic heterocycles. The van der Waals surface area contributed by atoms with Crippen LogP contribution in [0.2, 0.25) is 0 Å². The number of aldehydes is 1. The fourth-order valence-electron chi connectivity index (χ4n) is 13.0. The number of amides is 11. The van der Waals surface area contributed by atoms with Crippen molar-refractivity contribution in [3.63, 3.8) is 0 Å². The highest BCUT2D eigenvalue weighted by atomic mass is 32.2. The number of hydrogen-bond acceptors (Lipinski definition) is 17. The van der Waals surface area contributed by atoms with E-state index in [9.17, 15) is 76.8 Å². The predicted molar refractivity (Wildman–Crippen MR) is 387 cm³/mol. The van der Waals surface area contributed by atoms with Crippen molar-refractivity contribution in [3.8, 4) is 5.75 Å². The monoisotopic (exact) mass is 1490 g/mol. The fraction of sp³-hybridized carbons (Fsp3) is 0.473. The van der Waals surface area contributed by atoms with Crippen LogP contribution in [0.4, 0.5) is 8.78 Å². The zero-order valence-corrected chi connectivity index (χ0v) is 60.6. The number of carbonyl (C=O) groups is 13. The Bertz CT molecular complexity index is 3950. The Morgan fingerprint density at radius 3 is 1.99 bits per heavy atom. The van der Waals surface area contributed by atoms with E-state index in [0.29, 0.717) is 53.1 Å². The number of aromatic hydroxyl groups is 1. The molecule has 32 heteroatoms. The molecule has 572 valence electrons. The van der Waals surface area contributed by atoms with Crippen LogP contribution in [0.5, 0.6) is 5.75 Å². The third kappa shape index (κ3) is 23.6. The quantitative estimate of drug-likeness (QED) is 0.0195. The number of phenols is 1. The van der Waals surface area contributed by atoms with E-state index >= 15 is 9.59 Å². The third-order valence-electron chi connectivity index (χ3n) is 18.5. The van der Waals surface area contributed by atoms with Gasteiger partial charge in [-0.1, -0.05) is 100 Å². The number of aliphatic carboxylic acids is 1. The van der Waals surface area contributed by atoms with Crippen molar-refractivity contribution in [1.82, 2.24) is 56.5 Å². The number of carboxylic acid groups (broad SMARTS) is 1. The number of β-amino-alcohol motifs (C(OH)–C–C–N with tert-alkyl or cyclic N) is 1. The van der Waals surface area contributed by atoms with Gasteiger partial charge in [0, 0.05) is 88.7 Å². The molecule has 11 atom stereocenters. The average molecular weight is 1490 g/mol. The molecule has 7 rings (SSSR count). The first kappa shape index (κ1) is 82.9. The summed E-state index contributed by atoms with van der Waals surface area (Å²) in [4.78, 5) is 187. The van der Waals surface area contributed by atoms with Crippen LogP contribution in [0.1, 0.15) is 101 Å². The molecular formula is C74H95F2N13O16S. The van der Waals surface area contributed by atoms with Gasteiger partial charge in [-0.2, -0.15) is 11.8 Å². The molecule has 0 bridgehead atoms. The molecule has 14 N–H and O–H groups in total. The summed E-state index contributed by atoms with van der Waals surface area (Å²) in [7, 11) is 2.73. The van der Waals surface area contributed by atoms with Gasteiger partial charge in [-0.3, -0.25) is 57.5 Å². The molecule has 0 aliphatic carbocycles. The van der Waals surface area contributed by atoms with Gasteiger partial charge in [0.2, 0.25) is 65.0 Å². The van der Waals surface area contributed by atoms with Gasteiger partial charge in [0.05, 0.1) is 36.8 Å². The van der Waals surface area contributed by atoms with Crippen molar-refractivity contribution in [2.45, 2.75) is 171 Å². The number of phenolic OH excluding ortho intramolecular Hbond substituents is 1. The van der Waals surface area contributed by atoms with Crippen LogP contribution in [0.3, 0.4) is 0 Å². The van der Waals surface area contributed by atoms with Crippen molar-refractivity contribution >= 4 is 99.9 Å². The first-order valence-electron chi connectivity index (χ1n) is 35.2. The van der Waals surface area contributed by atoms with E-state index in [1.54, 1.807) is 60.8 Å². The summed E-state index contributed by atoms with van der Waals surface area (Å²) in [6.45, 7) is 5.23. The lowest BCUT2D eigenvalue weighted by atomic mass is 9.99. The predicted octanol–water partition coefficient (Wildman–Crippen LogP) is 1.42. The Balaban J connectivity index is 1.05. The van der Waals surface area contributed by atoms with Crippen LogP contribution in [0, 0.1) is 17.6 Å². The van der Waals surface area contributed by atoms with E-state index < -0.39 is 162 Å². The van der Waals surface area contributed by atoms with Crippen molar-refractivity contribution in [2.75, 3.05) is 45.2 Å². The van der Waals surface area contributed by atoms with E-state index in [0.717, 1.165) is 33.7 Å². The second-order valence-electron chi connectivity index (χ2n) is 27.1. The zero-order chi connectivity index (χ0) is 77.5. The molecule has 0 unspecified atom stereocenters. The number of likely N-dealkylation sites (N-methyl/N-ethyl adjacent to an activating group) is 2. The van der Waals surface area contributed by atoms with Gasteiger partial charge in [0.1, 0.15) is 60.4 Å². The highest BCUT2D eigenvalue weighted by molar-refractivity contribution is 7.99. The molecule has 29 nitrogen and oxygen atoms in total. The molecule has 2 aliphatic heterocycles. The molecule has 0 radical (unpaired) electrons. The number of unbranched alkanes of at least 4 members (excludes halogenated alkanes) is 1. The van der Waals surface area contributed by atoms with E-state index in [1.807, 2.05) is 20.8 Å². The number of primary amides is 1. The van der Waals surface area contributed by atoms with Gasteiger partial charge in [-0.15, -0.1) is 0 Å². The summed E-state index contributed by atoms with van der Waals surface area (Å²) in [5, 5.41) is 47.0. The first-order chi connectivity index (χ1) is 50.5. The number of likely N-dealkylation sites (tertiary alicyclic amines) is 2. The zero-order valence-electron chi connectivity index (χ0n) is 59.8. The van der Waals surface area contributed by atoms with Gasteiger partial charge >= 0.3 is 5.97 Å². The SMILES string of the molecule is CCCC[C@@H](C(=O)N1CCC[C@@H]1C(=O)N[C@H](C=O)CC(=O)O)N(C)C(=O)[C@H](Cc1ccccc1)N(C)C(=O)[C@H](Cc1ccc(F)c(F)c1)NC(=O)CSCCNC(=O)[C@H](CC(C)C)NC(=O)[C@H](Cc1ccc(O)cc1)NC(=O)[C@H](Cc1c[nH]c2ccccc12)NC(=O)[C@H]1C[C@@H](O)CN1C(=O)[C@@H](N)CC(N)=O. The number of aliphatic hydroxyl groups excluding tert-OH is 1. The Kier molecular flexibility index (Phi) is 31.0. The van der Waals surface area contributed by atoms with Crippen LogP contribution in [-0.2, 0) is 88.0 Å². The number of thioether (sulfide) groups is 1. The number of aliphatic hydroxyl groups is 1. The summed E-state index contributed by atoms with van der Waals surface area (Å²) in [6.07, 6.45) is 0.285. The molecule has 11 amide bonds. The molecule has 0 spiro atoms. The maximum absolute atomic E-state index is 15.2. The summed E-state index contributed by atoms with van der Waals surface area (Å²) >= 11 is 1.04. The standard InChI is InChI=1S/C74H95F2N13O16S/c1-6-7-18-60(74(105)88-27-13-19-59(88)69(100)81-47(40-90)35-65(95)96)86(4)73(104)62(33-43-14-9-8-10-15-43)87(5)72(103)58(32-45-22-25-51(75)52(76)30-45)82-64(94)41-106-28-26-79-66(97)55(29-42(2)3)83-67(98)56(31-44-20-23-48(91)24-21-44)84-68(99)57(34-46-38-80-54-17-12-11-16-50(46)54)85-70(101)61-36-49(92)39-89(61)71(102)53(77)37-63(78)93/h8-12,14-17,20-25,30,38,40,42,47,49,53,55-62,80,91-92H,6-7,13,18-19,26-29,31-37,39,41,77H2,1-5H3,(H2,78,93)(H,79,97)(H,81,100)(H,82,94)(H,83,98)(H,84,99)(H,85,101)(H,95,96)/t47-,49+,53-,55-,56-,57-,58-,59+,60-,61+,62-/m0/s1. The summed E-state index contributed by atoms with van der Waals surface area (Å²) in [5.41, 5.74) is 13.7. The number of aromatic nitrogens is 1. The van der Waals surface area contributed by atoms with Crippen LogP contribution < -0.4 is 43.4 Å². The largest absolute Gasteiger partial charge is 0.508 e. The smallest absolute Gasteiger partial charge is 0.305 e. The number of hydrogen-bond donors (Lipinski definition) is 12. The van der Waals surface area contributed by atoms with E-state index in [2.05, 4.69) is 36.9 Å². The van der Waals surface area contributed by atoms with Gasteiger partial charge in [-0.05, 0) is 84.2 Å². The molecule has 2 fully saturated rings. The highest BCUT2D eigenvalue weighted by Gasteiger charge is 2.45. The van der Waals surface area contributed by atoms with Crippen LogP contribution >= 0.6 is 11.8 Å². The van der Waals surface area contributed by atoms with E-state index in [1.165, 1.54) is 54.2 Å². The van der Waals surface area contributed by atoms with Crippen molar-refractivity contribution in [3.05, 3.63) is 137 Å². The molecule has 2 saturated heterocycles. The maximum Gasteiger partial charge on any atom is 0.305 e. The number of benzene rings is 4. The Morgan fingerprint density at radius 2 is 1.33 bits per heavy atom. The number of nitrogens with one attached hydrogen (secondary N) is 7. The topological polar surface area (TPSA) is 436 Å². The van der Waals surface area contributed by atoms with E-state index in [-0.39, 0.29) is 99.7 Å². The normalized spacial score (nSPS) is 17.1. The number of carboxylic acids is 1. The number of fused-ring (bicyclic) bond motifs is 1. The molecule has 106 heavy (non-hydrogen) atoms. The average Bonchev–Trinajstić information content (AvgIpc) is 1.50. The molecule has 5 aromatic rings. The lowest BCUT2D eigenvalue weighted by molar-refractivity contribution is -0.152. The minimum Gasteiger partial charge on any atom is -0.508 e. The summed E-state index contributed by atoms with van der Waals surface area (Å²) < 4.78 is 29.2. The highest BCUT2D eigenvalue weighted by Crippen LogP contribution is 2.27. The number of halogens is 2. The Hall–Kier alpha value is -10.3. The molecular weight excluding hydrogens is 1400 g/mol. The number of nitrogens with zero attached hydrogens (tertiary/aromatic N) is 4. The molecule has 3 heterocycles. The van der Waals surface area contributed by atoms with Gasteiger partial charge in [-0.25, -0.2) is 8.78 Å². The van der Waals surface area contributed by atoms with Gasteiger partial charge in [0.25, 0.3) is 0 Å². The second kappa shape index (κ2) is 39.7. The third-order valence-corrected chi connectivity index (χ3v) is 19.5. The van der Waals surface area contributed by atoms with Crippen LogP contribution in [0.25, 0.3) is 10.9 Å². The first-order valence-corrected chi connectivity index (χ1v) is 36.3. The summed E-state index contributed by atoms with van der Waals surface area (Å²) in [5.74, 6) is -12.7. The van der Waals surface area contributed by atoms with E-state index in [4.69, 9.17) is 11.5 Å². The van der Waals surface area contributed by atoms with Crippen LogP contribution in [-0.4, -0.2) is 229 Å². The number of H-pyrrole nitrogens is 1. The number of para-hydroxylation sites is 1. The van der Waals surface area contributed by atoms with Crippen molar-refractivity contribution < 1.29 is 86.4 Å². The number of aromatic amines is 1. The molecule has 0 saturated carbocycles. The van der Waals surface area contributed by atoms with Crippen LogP contribution in [0.15, 0.2) is 103 Å². The summed E-state index contributed by atoms with van der Waals surface area (Å²) in [6, 6.07) is 11.2. The minimum absolute atomic E-state index is 0.0696. The lowest BCUT2D eigenvalue weighted by Crippen LogP contribution is -2.59. The fourth-order valence-corrected chi connectivity index (χ4v) is 13.7. The molecule has 4 aromatic carbocycles. The minimum atomic E-state index is -1.51. The lowest BCUT2D eigenvalue weighted by Gasteiger charge is -2.38. The van der Waals surface area contributed by atoms with Gasteiger partial charge < -0.3 is 88.1 Å². The Morgan fingerprint density at radius 1 is 0.698 bits per heavy atom. The van der Waals surface area contributed by atoms with Crippen molar-refractivity contribution in [1.29, 1.82) is 0 Å². The van der Waals surface area contributed by atoms with Gasteiger partial charge in [0.15, 0.2) is 11.6 Å². The molecule has 2 aliphatic rings. The maximum atomic E-state index is 15.2. The number of rotatable bonds is 39. The second-order valence-corrected chi connectivity index (χ2v) is 28.2. The van der Waals surface area contributed by atoms with Crippen molar-refractivity contribution in [2.24, 2.45) is 17.4 Å². The number of nitrogens with two attached hydrogens (primary N) is 2. The number of carbonyl (C=O) groups excluding carboxylic acids is 12.